The lowest BCUT2D eigenvalue weighted by Crippen LogP contribution is -2.45. The number of anilines is 1. The number of fused-ring (bicyclic) bond motifs is 1. The van der Waals surface area contributed by atoms with Crippen LogP contribution in [0.15, 0.2) is 29.5 Å². The first-order valence-electron chi connectivity index (χ1n) is 9.62. The van der Waals surface area contributed by atoms with Crippen LogP contribution in [0, 0.1) is 0 Å². The molecule has 2 aromatic heterocycles. The fourth-order valence-corrected chi connectivity index (χ4v) is 3.26. The second-order valence-electron chi connectivity index (χ2n) is 7.60. The molecular weight excluding hydrogens is 465 g/mol. The highest BCUT2D eigenvalue weighted by Gasteiger charge is 2.22. The summed E-state index contributed by atoms with van der Waals surface area (Å²) in [6.45, 7) is 5.03. The molecule has 0 spiro atoms. The summed E-state index contributed by atoms with van der Waals surface area (Å²) in [5.74, 6) is 1.78. The molecule has 0 saturated heterocycles. The van der Waals surface area contributed by atoms with E-state index in [-0.39, 0.29) is 24.0 Å². The number of rotatable bonds is 5. The lowest BCUT2D eigenvalue weighted by Gasteiger charge is -2.24. The molecule has 28 heavy (non-hydrogen) atoms. The van der Waals surface area contributed by atoms with Crippen LogP contribution in [0.25, 0.3) is 0 Å². The number of hydrogen-bond acceptors (Lipinski definition) is 4. The molecule has 0 amide bonds. The highest BCUT2D eigenvalue weighted by molar-refractivity contribution is 14.0. The largest absolute Gasteiger partial charge is 0.363 e. The zero-order valence-electron chi connectivity index (χ0n) is 17.4. The maximum atomic E-state index is 4.75. The Morgan fingerprint density at radius 2 is 2.14 bits per heavy atom. The van der Waals surface area contributed by atoms with E-state index in [2.05, 4.69) is 51.4 Å². The van der Waals surface area contributed by atoms with Crippen molar-refractivity contribution < 1.29 is 0 Å². The van der Waals surface area contributed by atoms with E-state index in [0.29, 0.717) is 18.6 Å². The Labute approximate surface area is 185 Å². The minimum Gasteiger partial charge on any atom is -0.363 e. The Hall–Kier alpha value is -1.84. The summed E-state index contributed by atoms with van der Waals surface area (Å²) in [6, 6.07) is 4.88. The van der Waals surface area contributed by atoms with Crippen LogP contribution < -0.4 is 15.5 Å². The maximum absolute atomic E-state index is 4.75. The summed E-state index contributed by atoms with van der Waals surface area (Å²) in [7, 11) is 5.79. The number of pyridine rings is 1. The van der Waals surface area contributed by atoms with E-state index in [1.54, 1.807) is 0 Å². The van der Waals surface area contributed by atoms with E-state index in [9.17, 15) is 0 Å². The first kappa shape index (κ1) is 22.4. The van der Waals surface area contributed by atoms with Crippen LogP contribution in [0.1, 0.15) is 43.1 Å². The topological polar surface area (TPSA) is 70.4 Å². The molecule has 2 aromatic rings. The van der Waals surface area contributed by atoms with Gasteiger partial charge in [-0.25, -0.2) is 4.98 Å². The van der Waals surface area contributed by atoms with Gasteiger partial charge < -0.3 is 15.5 Å². The van der Waals surface area contributed by atoms with Crippen molar-refractivity contribution in [2.75, 3.05) is 26.0 Å². The van der Waals surface area contributed by atoms with E-state index in [1.807, 2.05) is 38.3 Å². The van der Waals surface area contributed by atoms with Gasteiger partial charge in [-0.05, 0) is 43.9 Å². The highest BCUT2D eigenvalue weighted by atomic mass is 127. The number of halogens is 1. The molecule has 0 radical (unpaired) electrons. The summed E-state index contributed by atoms with van der Waals surface area (Å²) >= 11 is 0. The van der Waals surface area contributed by atoms with Gasteiger partial charge in [0, 0.05) is 58.6 Å². The molecule has 0 bridgehead atoms. The Morgan fingerprint density at radius 3 is 2.75 bits per heavy atom. The molecule has 7 nitrogen and oxygen atoms in total. The zero-order chi connectivity index (χ0) is 19.4. The first-order valence-corrected chi connectivity index (χ1v) is 9.62. The van der Waals surface area contributed by atoms with E-state index in [0.717, 1.165) is 36.6 Å². The molecule has 1 aliphatic rings. The fraction of sp³-hybridized carbons (Fsp3) is 0.550. The predicted molar refractivity (Wildman–Crippen MR) is 126 cm³/mol. The molecule has 8 heteroatoms. The van der Waals surface area contributed by atoms with Gasteiger partial charge in [0.1, 0.15) is 5.82 Å². The number of nitrogens with zero attached hydrogens (tertiary/aromatic N) is 5. The van der Waals surface area contributed by atoms with Crippen LogP contribution in [-0.4, -0.2) is 47.9 Å². The summed E-state index contributed by atoms with van der Waals surface area (Å²) in [5, 5.41) is 11.7. The van der Waals surface area contributed by atoms with Gasteiger partial charge in [-0.3, -0.25) is 9.67 Å². The van der Waals surface area contributed by atoms with Crippen molar-refractivity contribution in [2.24, 2.45) is 4.99 Å². The lowest BCUT2D eigenvalue weighted by molar-refractivity contribution is 0.499. The Bertz CT molecular complexity index is 780. The molecule has 0 aromatic carbocycles. The van der Waals surface area contributed by atoms with E-state index in [4.69, 9.17) is 5.10 Å². The number of aryl methyl sites for hydroxylation is 1. The van der Waals surface area contributed by atoms with Crippen LogP contribution in [0.2, 0.25) is 0 Å². The van der Waals surface area contributed by atoms with E-state index >= 15 is 0 Å². The van der Waals surface area contributed by atoms with Gasteiger partial charge in [-0.1, -0.05) is 6.07 Å². The monoisotopic (exact) mass is 497 g/mol. The summed E-state index contributed by atoms with van der Waals surface area (Å²) < 4.78 is 2.07. The average molecular weight is 497 g/mol. The number of guanidine groups is 1. The second kappa shape index (κ2) is 10.1. The van der Waals surface area contributed by atoms with Crippen molar-refractivity contribution in [2.45, 2.75) is 51.7 Å². The third kappa shape index (κ3) is 5.59. The third-order valence-corrected chi connectivity index (χ3v) is 4.92. The number of nitrogens with one attached hydrogen (secondary N) is 2. The molecule has 1 atom stereocenters. The maximum Gasteiger partial charge on any atom is 0.191 e. The van der Waals surface area contributed by atoms with Gasteiger partial charge in [-0.2, -0.15) is 5.10 Å². The molecule has 3 rings (SSSR count). The molecule has 154 valence electrons. The van der Waals surface area contributed by atoms with Gasteiger partial charge in [0.05, 0.1) is 5.69 Å². The van der Waals surface area contributed by atoms with Crippen molar-refractivity contribution in [3.8, 4) is 0 Å². The minimum absolute atomic E-state index is 0. The van der Waals surface area contributed by atoms with Gasteiger partial charge >= 0.3 is 0 Å². The van der Waals surface area contributed by atoms with Crippen molar-refractivity contribution in [1.29, 1.82) is 0 Å². The Balaban J connectivity index is 0.00000280. The van der Waals surface area contributed by atoms with Crippen LogP contribution in [0.5, 0.6) is 0 Å². The van der Waals surface area contributed by atoms with Gasteiger partial charge in [0.25, 0.3) is 0 Å². The Morgan fingerprint density at radius 1 is 1.36 bits per heavy atom. The number of aliphatic imine (C=N–C) groups is 1. The minimum atomic E-state index is 0. The standard InChI is InChI=1S/C20H31N7.HI/c1-14(2)27-13-16-7-8-17(10-18(16)25-27)24-20(21-3)23-12-15-6-9-19(22-11-15)26(4)5;/h6,9,11,13-14,17H,7-8,10,12H2,1-5H3,(H2,21,23,24);1H. The Kier molecular flexibility index (Phi) is 8.09. The van der Waals surface area contributed by atoms with Gasteiger partial charge in [-0.15, -0.1) is 24.0 Å². The SMILES string of the molecule is CN=C(NCc1ccc(N(C)C)nc1)NC1CCc2cn(C(C)C)nc2C1.I. The molecule has 0 aliphatic heterocycles. The molecule has 1 unspecified atom stereocenters. The van der Waals surface area contributed by atoms with Crippen molar-refractivity contribution in [1.82, 2.24) is 25.4 Å². The summed E-state index contributed by atoms with van der Waals surface area (Å²) in [5.41, 5.74) is 3.73. The van der Waals surface area contributed by atoms with Crippen LogP contribution in [0.3, 0.4) is 0 Å². The molecule has 0 fully saturated rings. The predicted octanol–water partition coefficient (Wildman–Crippen LogP) is 2.77. The molecular formula is C20H32IN7. The first-order chi connectivity index (χ1) is 13.0. The van der Waals surface area contributed by atoms with Gasteiger partial charge in [0.2, 0.25) is 0 Å². The zero-order valence-corrected chi connectivity index (χ0v) is 19.8. The smallest absolute Gasteiger partial charge is 0.191 e. The fourth-order valence-electron chi connectivity index (χ4n) is 3.26. The molecule has 2 N–H and O–H groups in total. The summed E-state index contributed by atoms with van der Waals surface area (Å²) in [6.07, 6.45) is 7.20. The van der Waals surface area contributed by atoms with Crippen LogP contribution >= 0.6 is 24.0 Å². The van der Waals surface area contributed by atoms with Gasteiger partial charge in [0.15, 0.2) is 5.96 Å². The average Bonchev–Trinajstić information content (AvgIpc) is 3.09. The molecule has 2 heterocycles. The van der Waals surface area contributed by atoms with Crippen LogP contribution in [-0.2, 0) is 19.4 Å². The summed E-state index contributed by atoms with van der Waals surface area (Å²) in [4.78, 5) is 10.8. The quantitative estimate of drug-likeness (QED) is 0.378. The highest BCUT2D eigenvalue weighted by Crippen LogP contribution is 2.21. The van der Waals surface area contributed by atoms with E-state index in [1.165, 1.54) is 11.3 Å². The third-order valence-electron chi connectivity index (χ3n) is 4.92. The van der Waals surface area contributed by atoms with Crippen molar-refractivity contribution in [3.05, 3.63) is 41.3 Å². The number of aromatic nitrogens is 3. The molecule has 1 aliphatic carbocycles. The second-order valence-corrected chi connectivity index (χ2v) is 7.60. The molecule has 0 saturated carbocycles. The normalized spacial score (nSPS) is 16.4. The van der Waals surface area contributed by atoms with Crippen molar-refractivity contribution in [3.63, 3.8) is 0 Å². The van der Waals surface area contributed by atoms with E-state index < -0.39 is 0 Å². The number of hydrogen-bond donors (Lipinski definition) is 2. The van der Waals surface area contributed by atoms with Crippen molar-refractivity contribution >= 4 is 35.8 Å². The lowest BCUT2D eigenvalue weighted by atomic mass is 9.94. The van der Waals surface area contributed by atoms with Crippen LogP contribution in [0.4, 0.5) is 5.82 Å².